The van der Waals surface area contributed by atoms with Crippen LogP contribution in [0, 0.1) is 0 Å². The predicted molar refractivity (Wildman–Crippen MR) is 68.7 cm³/mol. The zero-order valence-corrected chi connectivity index (χ0v) is 11.9. The van der Waals surface area contributed by atoms with Gasteiger partial charge < -0.3 is 19.1 Å². The third-order valence-electron chi connectivity index (χ3n) is 2.67. The van der Waals surface area contributed by atoms with Crippen LogP contribution in [0.4, 0.5) is 4.79 Å². The van der Waals surface area contributed by atoms with E-state index in [4.69, 9.17) is 14.2 Å². The average Bonchev–Trinajstić information content (AvgIpc) is 2.27. The summed E-state index contributed by atoms with van der Waals surface area (Å²) in [6, 6.07) is 0. The molecule has 0 unspecified atom stereocenters. The lowest BCUT2D eigenvalue weighted by Gasteiger charge is -2.34. The van der Waals surface area contributed by atoms with Crippen LogP contribution in [-0.4, -0.2) is 56.1 Å². The van der Waals surface area contributed by atoms with E-state index in [1.807, 2.05) is 20.8 Å². The molecule has 0 saturated carbocycles. The molecule has 0 spiro atoms. The third kappa shape index (κ3) is 5.69. The van der Waals surface area contributed by atoms with Gasteiger partial charge in [0.2, 0.25) is 0 Å². The number of ether oxygens (including phenoxy) is 3. The second kappa shape index (κ2) is 6.95. The summed E-state index contributed by atoms with van der Waals surface area (Å²) in [4.78, 5) is 13.6. The van der Waals surface area contributed by atoms with Gasteiger partial charge in [-0.25, -0.2) is 4.79 Å². The van der Waals surface area contributed by atoms with Gasteiger partial charge in [0.05, 0.1) is 25.9 Å². The number of carbonyl (C=O) groups is 1. The van der Waals surface area contributed by atoms with Crippen molar-refractivity contribution in [1.29, 1.82) is 0 Å². The van der Waals surface area contributed by atoms with E-state index in [1.54, 1.807) is 12.0 Å². The highest BCUT2D eigenvalue weighted by Crippen LogP contribution is 2.17. The molecule has 0 N–H and O–H groups in total. The van der Waals surface area contributed by atoms with Gasteiger partial charge >= 0.3 is 6.09 Å². The van der Waals surface area contributed by atoms with E-state index >= 15 is 0 Å². The number of nitrogens with zero attached hydrogens (tertiary/aromatic N) is 1. The van der Waals surface area contributed by atoms with Crippen molar-refractivity contribution in [2.24, 2.45) is 0 Å². The lowest BCUT2D eigenvalue weighted by Crippen LogP contribution is -2.45. The Labute approximate surface area is 109 Å². The molecule has 1 aliphatic rings. The Morgan fingerprint density at radius 2 is 2.06 bits per heavy atom. The summed E-state index contributed by atoms with van der Waals surface area (Å²) >= 11 is 0. The molecule has 1 amide bonds. The topological polar surface area (TPSA) is 48.0 Å². The van der Waals surface area contributed by atoms with Gasteiger partial charge in [0, 0.05) is 13.7 Å². The van der Waals surface area contributed by atoms with Crippen LogP contribution < -0.4 is 0 Å². The van der Waals surface area contributed by atoms with E-state index in [1.165, 1.54) is 0 Å². The maximum Gasteiger partial charge on any atom is 0.410 e. The van der Waals surface area contributed by atoms with Gasteiger partial charge in [-0.2, -0.15) is 0 Å². The van der Waals surface area contributed by atoms with Crippen molar-refractivity contribution >= 4 is 6.09 Å². The summed E-state index contributed by atoms with van der Waals surface area (Å²) in [5, 5.41) is 0. The summed E-state index contributed by atoms with van der Waals surface area (Å²) in [6.45, 7) is 8.15. The first-order chi connectivity index (χ1) is 8.42. The van der Waals surface area contributed by atoms with Crippen LogP contribution in [-0.2, 0) is 14.2 Å². The van der Waals surface area contributed by atoms with Crippen molar-refractivity contribution < 1.29 is 19.0 Å². The Bertz CT molecular complexity index is 262. The Morgan fingerprint density at radius 3 is 2.67 bits per heavy atom. The molecule has 5 heteroatoms. The summed E-state index contributed by atoms with van der Waals surface area (Å²) < 4.78 is 16.0. The van der Waals surface area contributed by atoms with E-state index in [0.717, 1.165) is 19.4 Å². The fraction of sp³-hybridized carbons (Fsp3) is 0.923. The lowest BCUT2D eigenvalue weighted by atomic mass is 10.1. The van der Waals surface area contributed by atoms with E-state index in [0.29, 0.717) is 19.8 Å². The molecule has 0 aromatic carbocycles. The molecular formula is C13H25NO4. The van der Waals surface area contributed by atoms with E-state index in [9.17, 15) is 4.79 Å². The van der Waals surface area contributed by atoms with Crippen LogP contribution in [0.3, 0.4) is 0 Å². The molecule has 0 radical (unpaired) electrons. The van der Waals surface area contributed by atoms with Crippen molar-refractivity contribution in [3.63, 3.8) is 0 Å². The molecule has 0 aromatic rings. The lowest BCUT2D eigenvalue weighted by molar-refractivity contribution is -0.0317. The van der Waals surface area contributed by atoms with Crippen molar-refractivity contribution in [2.75, 3.05) is 33.4 Å². The van der Waals surface area contributed by atoms with Gasteiger partial charge in [-0.05, 0) is 33.6 Å². The molecule has 106 valence electrons. The molecule has 1 atom stereocenters. The molecule has 18 heavy (non-hydrogen) atoms. The van der Waals surface area contributed by atoms with Crippen LogP contribution >= 0.6 is 0 Å². The van der Waals surface area contributed by atoms with Crippen LogP contribution in [0.15, 0.2) is 0 Å². The maximum atomic E-state index is 11.9. The van der Waals surface area contributed by atoms with Crippen LogP contribution in [0.5, 0.6) is 0 Å². The normalized spacial score (nSPS) is 20.9. The second-order valence-corrected chi connectivity index (χ2v) is 5.55. The number of hydrogen-bond acceptors (Lipinski definition) is 4. The largest absolute Gasteiger partial charge is 0.444 e. The van der Waals surface area contributed by atoms with Crippen molar-refractivity contribution in [1.82, 2.24) is 4.90 Å². The zero-order valence-electron chi connectivity index (χ0n) is 11.9. The van der Waals surface area contributed by atoms with Gasteiger partial charge in [-0.3, -0.25) is 0 Å². The van der Waals surface area contributed by atoms with Gasteiger partial charge in [0.25, 0.3) is 0 Å². The van der Waals surface area contributed by atoms with Crippen LogP contribution in [0.1, 0.15) is 33.6 Å². The van der Waals surface area contributed by atoms with Gasteiger partial charge in [0.15, 0.2) is 0 Å². The second-order valence-electron chi connectivity index (χ2n) is 5.55. The fourth-order valence-electron chi connectivity index (χ4n) is 1.86. The Kier molecular flexibility index (Phi) is 5.88. The highest BCUT2D eigenvalue weighted by Gasteiger charge is 2.27. The molecule has 1 aliphatic heterocycles. The molecule has 0 bridgehead atoms. The minimum absolute atomic E-state index is 0.0985. The van der Waals surface area contributed by atoms with Gasteiger partial charge in [0.1, 0.15) is 5.60 Å². The highest BCUT2D eigenvalue weighted by atomic mass is 16.6. The number of likely N-dealkylation sites (tertiary alicyclic amines) is 1. The monoisotopic (exact) mass is 259 g/mol. The maximum absolute atomic E-state index is 11.9. The fourth-order valence-corrected chi connectivity index (χ4v) is 1.86. The number of piperidine rings is 1. The molecule has 1 rings (SSSR count). The summed E-state index contributed by atoms with van der Waals surface area (Å²) in [6.07, 6.45) is 1.80. The van der Waals surface area contributed by atoms with Gasteiger partial charge in [-0.1, -0.05) is 0 Å². The number of hydrogen-bond donors (Lipinski definition) is 0. The molecule has 0 aromatic heterocycles. The Hall–Kier alpha value is -0.810. The Morgan fingerprint density at radius 1 is 1.33 bits per heavy atom. The van der Waals surface area contributed by atoms with Crippen molar-refractivity contribution in [3.8, 4) is 0 Å². The number of carbonyl (C=O) groups excluding carboxylic acids is 1. The summed E-state index contributed by atoms with van der Waals surface area (Å²) in [5.41, 5.74) is -0.444. The first-order valence-corrected chi connectivity index (χ1v) is 6.51. The SMILES string of the molecule is COCCO[C@@H]1CCCN(C(=O)OC(C)(C)C)C1. The molecule has 0 aliphatic carbocycles. The van der Waals surface area contributed by atoms with E-state index in [2.05, 4.69) is 0 Å². The number of methoxy groups -OCH3 is 1. The molecule has 1 heterocycles. The van der Waals surface area contributed by atoms with E-state index in [-0.39, 0.29) is 12.2 Å². The molecule has 1 saturated heterocycles. The number of amides is 1. The van der Waals surface area contributed by atoms with Crippen molar-refractivity contribution in [2.45, 2.75) is 45.3 Å². The standard InChI is InChI=1S/C13H25NO4/c1-13(2,3)18-12(15)14-7-5-6-11(10-14)17-9-8-16-4/h11H,5-10H2,1-4H3/t11-/m1/s1. The minimum atomic E-state index is -0.444. The van der Waals surface area contributed by atoms with Crippen LogP contribution in [0.2, 0.25) is 0 Å². The quantitative estimate of drug-likeness (QED) is 0.725. The van der Waals surface area contributed by atoms with Crippen molar-refractivity contribution in [3.05, 3.63) is 0 Å². The molecule has 5 nitrogen and oxygen atoms in total. The predicted octanol–water partition coefficient (Wildman–Crippen LogP) is 2.05. The first-order valence-electron chi connectivity index (χ1n) is 6.51. The summed E-state index contributed by atoms with van der Waals surface area (Å²) in [5.74, 6) is 0. The number of rotatable bonds is 4. The van der Waals surface area contributed by atoms with Gasteiger partial charge in [-0.15, -0.1) is 0 Å². The zero-order chi connectivity index (χ0) is 13.6. The summed E-state index contributed by atoms with van der Waals surface area (Å²) in [7, 11) is 1.65. The van der Waals surface area contributed by atoms with E-state index < -0.39 is 5.60 Å². The smallest absolute Gasteiger partial charge is 0.410 e. The average molecular weight is 259 g/mol. The first kappa shape index (κ1) is 15.2. The Balaban J connectivity index is 2.36. The van der Waals surface area contributed by atoms with Crippen LogP contribution in [0.25, 0.3) is 0 Å². The highest BCUT2D eigenvalue weighted by molar-refractivity contribution is 5.68. The molecular weight excluding hydrogens is 234 g/mol. The molecule has 1 fully saturated rings. The third-order valence-corrected chi connectivity index (χ3v) is 2.67. The minimum Gasteiger partial charge on any atom is -0.444 e.